The van der Waals surface area contributed by atoms with E-state index in [9.17, 15) is 9.59 Å². The molecular weight excluding hydrogens is 453 g/mol. The summed E-state index contributed by atoms with van der Waals surface area (Å²) in [5.74, 6) is -0.839. The van der Waals surface area contributed by atoms with E-state index in [2.05, 4.69) is 12.2 Å². The highest BCUT2D eigenvalue weighted by molar-refractivity contribution is 7.15. The number of halogens is 2. The molecule has 160 valence electrons. The molecule has 0 spiro atoms. The fourth-order valence-electron chi connectivity index (χ4n) is 2.93. The lowest BCUT2D eigenvalue weighted by molar-refractivity contribution is -0.111. The van der Waals surface area contributed by atoms with Gasteiger partial charge in [-0.3, -0.25) is 4.79 Å². The summed E-state index contributed by atoms with van der Waals surface area (Å²) in [7, 11) is 0. The molecule has 1 amide bonds. The molecule has 0 atom stereocenters. The van der Waals surface area contributed by atoms with Crippen LogP contribution in [0.15, 0.2) is 53.9 Å². The Kier molecular flexibility index (Phi) is 7.91. The van der Waals surface area contributed by atoms with Crippen molar-refractivity contribution in [3.8, 4) is 11.1 Å². The molecule has 1 N–H and O–H groups in total. The van der Waals surface area contributed by atoms with Crippen molar-refractivity contribution in [1.29, 1.82) is 0 Å². The summed E-state index contributed by atoms with van der Waals surface area (Å²) in [6.45, 7) is 4.08. The van der Waals surface area contributed by atoms with Gasteiger partial charge in [0.1, 0.15) is 10.6 Å². The number of hydrogen-bond donors (Lipinski definition) is 1. The average Bonchev–Trinajstić information content (AvgIpc) is 3.18. The number of hydrogen-bond acceptors (Lipinski definition) is 4. The Hall–Kier alpha value is -2.60. The van der Waals surface area contributed by atoms with E-state index in [1.165, 1.54) is 23.0 Å². The van der Waals surface area contributed by atoms with Crippen molar-refractivity contribution in [2.45, 2.75) is 20.3 Å². The Morgan fingerprint density at radius 2 is 1.81 bits per heavy atom. The maximum Gasteiger partial charge on any atom is 0.341 e. The quantitative estimate of drug-likeness (QED) is 0.293. The van der Waals surface area contributed by atoms with Crippen LogP contribution in [0.3, 0.4) is 0 Å². The van der Waals surface area contributed by atoms with Crippen LogP contribution >= 0.6 is 34.5 Å². The lowest BCUT2D eigenvalue weighted by Crippen LogP contribution is -2.12. The number of thiophene rings is 1. The van der Waals surface area contributed by atoms with Crippen molar-refractivity contribution in [3.63, 3.8) is 0 Å². The van der Waals surface area contributed by atoms with Crippen LogP contribution in [0.1, 0.15) is 35.3 Å². The van der Waals surface area contributed by atoms with Crippen molar-refractivity contribution >= 4 is 57.5 Å². The van der Waals surface area contributed by atoms with Crippen LogP contribution in [-0.4, -0.2) is 18.5 Å². The number of nitrogens with one attached hydrogen (secondary N) is 1. The summed E-state index contributed by atoms with van der Waals surface area (Å²) in [5, 5.41) is 5.94. The smallest absolute Gasteiger partial charge is 0.341 e. The molecule has 0 aliphatic heterocycles. The largest absolute Gasteiger partial charge is 0.462 e. The number of benzene rings is 2. The second-order valence-corrected chi connectivity index (χ2v) is 8.31. The Balaban J connectivity index is 1.86. The molecule has 0 bridgehead atoms. The van der Waals surface area contributed by atoms with Crippen LogP contribution in [0, 0.1) is 0 Å². The molecule has 1 aromatic heterocycles. The molecule has 0 fully saturated rings. The zero-order valence-electron chi connectivity index (χ0n) is 17.1. The fraction of sp³-hybridized carbons (Fsp3) is 0.167. The molecule has 0 saturated heterocycles. The first-order valence-electron chi connectivity index (χ1n) is 9.75. The highest BCUT2D eigenvalue weighted by Crippen LogP contribution is 2.36. The van der Waals surface area contributed by atoms with Crippen molar-refractivity contribution in [2.24, 2.45) is 0 Å². The van der Waals surface area contributed by atoms with Crippen molar-refractivity contribution < 1.29 is 14.3 Å². The number of amides is 1. The summed E-state index contributed by atoms with van der Waals surface area (Å²) in [6, 6.07) is 13.1. The topological polar surface area (TPSA) is 55.4 Å². The minimum absolute atomic E-state index is 0.244. The lowest BCUT2D eigenvalue weighted by atomic mass is 10.0. The third kappa shape index (κ3) is 5.76. The van der Waals surface area contributed by atoms with Crippen molar-refractivity contribution in [3.05, 3.63) is 80.7 Å². The third-order valence-electron chi connectivity index (χ3n) is 4.55. The van der Waals surface area contributed by atoms with Crippen LogP contribution in [0.2, 0.25) is 10.0 Å². The number of aryl methyl sites for hydroxylation is 1. The third-order valence-corrected chi connectivity index (χ3v) is 6.19. The van der Waals surface area contributed by atoms with E-state index >= 15 is 0 Å². The molecule has 7 heteroatoms. The van der Waals surface area contributed by atoms with Gasteiger partial charge in [0.05, 0.1) is 16.7 Å². The van der Waals surface area contributed by atoms with E-state index in [0.717, 1.165) is 23.1 Å². The molecule has 4 nitrogen and oxygen atoms in total. The Morgan fingerprint density at radius 1 is 1.06 bits per heavy atom. The van der Waals surface area contributed by atoms with Gasteiger partial charge in [-0.2, -0.15) is 0 Å². The second-order valence-electron chi connectivity index (χ2n) is 6.62. The van der Waals surface area contributed by atoms with Crippen LogP contribution in [0.25, 0.3) is 17.2 Å². The molecule has 0 radical (unpaired) electrons. The Bertz CT molecular complexity index is 1120. The number of esters is 1. The molecule has 1 heterocycles. The van der Waals surface area contributed by atoms with Gasteiger partial charge >= 0.3 is 5.97 Å². The lowest BCUT2D eigenvalue weighted by Gasteiger charge is -2.08. The van der Waals surface area contributed by atoms with Gasteiger partial charge in [-0.05, 0) is 48.2 Å². The first-order chi connectivity index (χ1) is 14.9. The predicted molar refractivity (Wildman–Crippen MR) is 129 cm³/mol. The normalized spacial score (nSPS) is 11.0. The predicted octanol–water partition coefficient (Wildman–Crippen LogP) is 7.11. The molecule has 0 aliphatic carbocycles. The van der Waals surface area contributed by atoms with E-state index in [-0.39, 0.29) is 12.5 Å². The fourth-order valence-corrected chi connectivity index (χ4v) is 4.20. The SMILES string of the molecule is CCOC(=O)c1c(-c2ccc(CC)cc2)csc1NC(=O)/C=C/c1ccc(Cl)c(Cl)c1. The first kappa shape index (κ1) is 23.1. The summed E-state index contributed by atoms with van der Waals surface area (Å²) in [5.41, 5.74) is 3.92. The first-order valence-corrected chi connectivity index (χ1v) is 11.4. The zero-order valence-corrected chi connectivity index (χ0v) is 19.4. The second kappa shape index (κ2) is 10.6. The number of rotatable bonds is 7. The molecule has 2 aromatic carbocycles. The monoisotopic (exact) mass is 473 g/mol. The van der Waals surface area contributed by atoms with E-state index in [1.807, 2.05) is 29.6 Å². The van der Waals surface area contributed by atoms with Crippen LogP contribution < -0.4 is 5.32 Å². The van der Waals surface area contributed by atoms with Crippen molar-refractivity contribution in [2.75, 3.05) is 11.9 Å². The number of carbonyl (C=O) groups is 2. The minimum Gasteiger partial charge on any atom is -0.462 e. The highest BCUT2D eigenvalue weighted by Gasteiger charge is 2.22. The van der Waals surface area contributed by atoms with E-state index in [0.29, 0.717) is 20.6 Å². The van der Waals surface area contributed by atoms with E-state index < -0.39 is 5.97 Å². The molecule has 0 saturated carbocycles. The highest BCUT2D eigenvalue weighted by atomic mass is 35.5. The van der Waals surface area contributed by atoms with Gasteiger partial charge in [-0.25, -0.2) is 4.79 Å². The van der Waals surface area contributed by atoms with Crippen LogP contribution in [0.4, 0.5) is 5.00 Å². The zero-order chi connectivity index (χ0) is 22.4. The molecule has 0 unspecified atom stereocenters. The molecule has 3 aromatic rings. The Labute approximate surface area is 195 Å². The van der Waals surface area contributed by atoms with E-state index in [1.54, 1.807) is 31.2 Å². The number of ether oxygens (including phenoxy) is 1. The standard InChI is InChI=1S/C24H21Cl2NO3S/c1-3-15-5-9-17(10-6-15)18-14-31-23(22(18)24(29)30-4-2)27-21(28)12-8-16-7-11-19(25)20(26)13-16/h5-14H,3-4H2,1-2H3,(H,27,28)/b12-8+. The van der Waals surface area contributed by atoms with Gasteiger partial charge in [-0.15, -0.1) is 11.3 Å². The van der Waals surface area contributed by atoms with Gasteiger partial charge < -0.3 is 10.1 Å². The van der Waals surface area contributed by atoms with Gasteiger partial charge in [0.15, 0.2) is 0 Å². The van der Waals surface area contributed by atoms with E-state index in [4.69, 9.17) is 27.9 Å². The summed E-state index contributed by atoms with van der Waals surface area (Å²) < 4.78 is 5.24. The molecule has 31 heavy (non-hydrogen) atoms. The molecule has 3 rings (SSSR count). The number of carbonyl (C=O) groups excluding carboxylic acids is 2. The summed E-state index contributed by atoms with van der Waals surface area (Å²) in [4.78, 5) is 25.2. The summed E-state index contributed by atoms with van der Waals surface area (Å²) in [6.07, 6.45) is 3.94. The maximum absolute atomic E-state index is 12.7. The maximum atomic E-state index is 12.7. The van der Waals surface area contributed by atoms with Crippen LogP contribution in [0.5, 0.6) is 0 Å². The van der Waals surface area contributed by atoms with Gasteiger partial charge in [-0.1, -0.05) is 60.5 Å². The number of anilines is 1. The average molecular weight is 474 g/mol. The molecular formula is C24H21Cl2NO3S. The molecule has 0 aliphatic rings. The Morgan fingerprint density at radius 3 is 2.45 bits per heavy atom. The van der Waals surface area contributed by atoms with Crippen molar-refractivity contribution in [1.82, 2.24) is 0 Å². The van der Waals surface area contributed by atoms with Gasteiger partial charge in [0.25, 0.3) is 0 Å². The van der Waals surface area contributed by atoms with Gasteiger partial charge in [0.2, 0.25) is 5.91 Å². The minimum atomic E-state index is -0.470. The summed E-state index contributed by atoms with van der Waals surface area (Å²) >= 11 is 13.2. The van der Waals surface area contributed by atoms with Crippen LogP contribution in [-0.2, 0) is 16.0 Å². The van der Waals surface area contributed by atoms with Gasteiger partial charge in [0, 0.05) is 17.0 Å².